The van der Waals surface area contributed by atoms with Gasteiger partial charge in [0, 0.05) is 10.9 Å². The fourth-order valence-electron chi connectivity index (χ4n) is 0.933. The number of phenolic OH excluding ortho intramolecular Hbond substituents is 1. The Labute approximate surface area is 83.9 Å². The Morgan fingerprint density at radius 3 is 2.67 bits per heavy atom. The van der Waals surface area contributed by atoms with Gasteiger partial charge in [0.25, 0.3) is 0 Å². The topological polar surface area (TPSA) is 40.5 Å². The number of aromatic hydroxyl groups is 1. The number of aliphatic hydroxyl groups excluding tert-OH is 1. The van der Waals surface area contributed by atoms with Crippen LogP contribution in [-0.2, 0) is 0 Å². The van der Waals surface area contributed by atoms with E-state index in [4.69, 9.17) is 11.6 Å². The monoisotopic (exact) mass is 250 g/mol. The maximum Gasteiger partial charge on any atom is 0.122 e. The molecule has 2 N–H and O–H groups in total. The molecule has 0 saturated carbocycles. The Morgan fingerprint density at radius 2 is 2.17 bits per heavy atom. The number of halogens is 2. The fraction of sp³-hybridized carbons (Fsp3) is 0.250. The molecular weight excluding hydrogens is 243 g/mol. The standard InChI is InChI=1S/C8H8BrClO2/c9-4-7(12)8-5(10)2-1-3-6(8)11/h1-3,7,11-12H,4H2. The van der Waals surface area contributed by atoms with Gasteiger partial charge >= 0.3 is 0 Å². The number of rotatable bonds is 2. The number of benzene rings is 1. The minimum atomic E-state index is -0.765. The van der Waals surface area contributed by atoms with E-state index >= 15 is 0 Å². The molecule has 66 valence electrons. The van der Waals surface area contributed by atoms with E-state index in [-0.39, 0.29) is 5.75 Å². The van der Waals surface area contributed by atoms with Crippen molar-refractivity contribution in [3.8, 4) is 5.75 Å². The molecular formula is C8H8BrClO2. The van der Waals surface area contributed by atoms with Crippen LogP contribution in [0.25, 0.3) is 0 Å². The van der Waals surface area contributed by atoms with Crippen LogP contribution in [-0.4, -0.2) is 15.5 Å². The molecule has 0 aliphatic heterocycles. The zero-order valence-corrected chi connectivity index (χ0v) is 8.51. The van der Waals surface area contributed by atoms with Crippen molar-refractivity contribution in [3.63, 3.8) is 0 Å². The fourth-order valence-corrected chi connectivity index (χ4v) is 1.55. The van der Waals surface area contributed by atoms with Crippen molar-refractivity contribution in [2.75, 3.05) is 5.33 Å². The van der Waals surface area contributed by atoms with E-state index in [1.165, 1.54) is 6.07 Å². The van der Waals surface area contributed by atoms with Crippen LogP contribution in [0.5, 0.6) is 5.75 Å². The summed E-state index contributed by atoms with van der Waals surface area (Å²) in [5, 5.41) is 19.5. The van der Waals surface area contributed by atoms with Crippen LogP contribution >= 0.6 is 27.5 Å². The molecule has 4 heteroatoms. The van der Waals surface area contributed by atoms with Gasteiger partial charge in [-0.3, -0.25) is 0 Å². The third-order valence-electron chi connectivity index (χ3n) is 1.51. The Bertz CT molecular complexity index is 258. The normalized spacial score (nSPS) is 12.9. The van der Waals surface area contributed by atoms with E-state index in [9.17, 15) is 10.2 Å². The Balaban J connectivity index is 3.12. The Morgan fingerprint density at radius 1 is 1.50 bits per heavy atom. The van der Waals surface area contributed by atoms with Crippen LogP contribution in [0.3, 0.4) is 0 Å². The molecule has 0 aromatic heterocycles. The lowest BCUT2D eigenvalue weighted by atomic mass is 10.1. The summed E-state index contributed by atoms with van der Waals surface area (Å²) in [6.07, 6.45) is -0.765. The van der Waals surface area contributed by atoms with Gasteiger partial charge in [-0.05, 0) is 12.1 Å². The molecule has 0 bridgehead atoms. The Kier molecular flexibility index (Phi) is 3.38. The zero-order valence-electron chi connectivity index (χ0n) is 6.17. The van der Waals surface area contributed by atoms with Crippen molar-refractivity contribution in [2.45, 2.75) is 6.10 Å². The van der Waals surface area contributed by atoms with Crippen molar-refractivity contribution in [3.05, 3.63) is 28.8 Å². The quantitative estimate of drug-likeness (QED) is 0.793. The Hall–Kier alpha value is -0.250. The maximum atomic E-state index is 9.40. The maximum absolute atomic E-state index is 9.40. The van der Waals surface area contributed by atoms with Crippen LogP contribution in [0.4, 0.5) is 0 Å². The van der Waals surface area contributed by atoms with Gasteiger partial charge < -0.3 is 10.2 Å². The summed E-state index contributed by atoms with van der Waals surface area (Å²) in [5.74, 6) is 0.0226. The van der Waals surface area contributed by atoms with E-state index in [1.54, 1.807) is 12.1 Å². The van der Waals surface area contributed by atoms with Crippen molar-refractivity contribution >= 4 is 27.5 Å². The van der Waals surface area contributed by atoms with Crippen molar-refractivity contribution in [1.29, 1.82) is 0 Å². The summed E-state index contributed by atoms with van der Waals surface area (Å²) in [5.41, 5.74) is 0.371. The molecule has 2 nitrogen and oxygen atoms in total. The third kappa shape index (κ3) is 1.91. The van der Waals surface area contributed by atoms with Crippen molar-refractivity contribution in [2.24, 2.45) is 0 Å². The molecule has 1 aromatic carbocycles. The minimum absolute atomic E-state index is 0.0226. The predicted molar refractivity (Wildman–Crippen MR) is 51.9 cm³/mol. The highest BCUT2D eigenvalue weighted by molar-refractivity contribution is 9.09. The number of phenols is 1. The summed E-state index contributed by atoms with van der Waals surface area (Å²) in [6.45, 7) is 0. The van der Waals surface area contributed by atoms with Crippen LogP contribution < -0.4 is 0 Å². The van der Waals surface area contributed by atoms with Crippen LogP contribution in [0.1, 0.15) is 11.7 Å². The van der Waals surface area contributed by atoms with E-state index in [0.29, 0.717) is 15.9 Å². The predicted octanol–water partition coefficient (Wildman–Crippen LogP) is 2.47. The molecule has 1 unspecified atom stereocenters. The minimum Gasteiger partial charge on any atom is -0.508 e. The molecule has 0 spiro atoms. The van der Waals surface area contributed by atoms with E-state index in [1.807, 2.05) is 0 Å². The smallest absolute Gasteiger partial charge is 0.122 e. The first-order valence-corrected chi connectivity index (χ1v) is 4.88. The molecule has 0 aliphatic carbocycles. The summed E-state index contributed by atoms with van der Waals surface area (Å²) in [7, 11) is 0. The van der Waals surface area contributed by atoms with Gasteiger partial charge in [0.1, 0.15) is 5.75 Å². The second-order valence-electron chi connectivity index (χ2n) is 2.34. The van der Waals surface area contributed by atoms with Gasteiger partial charge in [0.2, 0.25) is 0 Å². The van der Waals surface area contributed by atoms with Crippen molar-refractivity contribution < 1.29 is 10.2 Å². The summed E-state index contributed by atoms with van der Waals surface area (Å²) in [6, 6.07) is 4.75. The molecule has 0 heterocycles. The number of alkyl halides is 1. The van der Waals surface area contributed by atoms with Gasteiger partial charge in [-0.2, -0.15) is 0 Å². The first kappa shape index (κ1) is 9.84. The third-order valence-corrected chi connectivity index (χ3v) is 2.45. The summed E-state index contributed by atoms with van der Waals surface area (Å²) >= 11 is 8.86. The largest absolute Gasteiger partial charge is 0.508 e. The zero-order chi connectivity index (χ0) is 9.14. The average Bonchev–Trinajstić information content (AvgIpc) is 2.03. The highest BCUT2D eigenvalue weighted by Gasteiger charge is 2.13. The molecule has 1 atom stereocenters. The first-order chi connectivity index (χ1) is 5.66. The van der Waals surface area contributed by atoms with Crippen LogP contribution in [0.15, 0.2) is 18.2 Å². The second-order valence-corrected chi connectivity index (χ2v) is 3.40. The number of aliphatic hydroxyl groups is 1. The van der Waals surface area contributed by atoms with E-state index in [2.05, 4.69) is 15.9 Å². The van der Waals surface area contributed by atoms with E-state index in [0.717, 1.165) is 0 Å². The lowest BCUT2D eigenvalue weighted by molar-refractivity contribution is 0.201. The van der Waals surface area contributed by atoms with Gasteiger partial charge in [-0.25, -0.2) is 0 Å². The number of hydrogen-bond donors (Lipinski definition) is 2. The lowest BCUT2D eigenvalue weighted by Gasteiger charge is -2.10. The summed E-state index contributed by atoms with van der Waals surface area (Å²) in [4.78, 5) is 0. The summed E-state index contributed by atoms with van der Waals surface area (Å²) < 4.78 is 0. The van der Waals surface area contributed by atoms with Crippen LogP contribution in [0.2, 0.25) is 5.02 Å². The van der Waals surface area contributed by atoms with Gasteiger partial charge in [-0.1, -0.05) is 33.6 Å². The lowest BCUT2D eigenvalue weighted by Crippen LogP contribution is -1.99. The van der Waals surface area contributed by atoms with Crippen molar-refractivity contribution in [1.82, 2.24) is 0 Å². The number of hydrogen-bond acceptors (Lipinski definition) is 2. The average molecular weight is 252 g/mol. The van der Waals surface area contributed by atoms with E-state index < -0.39 is 6.10 Å². The first-order valence-electron chi connectivity index (χ1n) is 3.38. The van der Waals surface area contributed by atoms with Gasteiger partial charge in [-0.15, -0.1) is 0 Å². The highest BCUT2D eigenvalue weighted by atomic mass is 79.9. The van der Waals surface area contributed by atoms with Gasteiger partial charge in [0.05, 0.1) is 11.1 Å². The van der Waals surface area contributed by atoms with Gasteiger partial charge in [0.15, 0.2) is 0 Å². The molecule has 12 heavy (non-hydrogen) atoms. The molecule has 0 radical (unpaired) electrons. The SMILES string of the molecule is Oc1cccc(Cl)c1C(O)CBr. The molecule has 0 fully saturated rings. The molecule has 0 aliphatic rings. The second kappa shape index (κ2) is 4.12. The molecule has 1 aromatic rings. The molecule has 0 amide bonds. The highest BCUT2D eigenvalue weighted by Crippen LogP contribution is 2.31. The van der Waals surface area contributed by atoms with Crippen LogP contribution in [0, 0.1) is 0 Å². The molecule has 0 saturated heterocycles. The molecule has 1 rings (SSSR count).